The summed E-state index contributed by atoms with van der Waals surface area (Å²) in [5, 5.41) is 5.68. The molecule has 0 unspecified atom stereocenters. The smallest absolute Gasteiger partial charge is 0.228 e. The Morgan fingerprint density at radius 3 is 2.05 bits per heavy atom. The third-order valence-electron chi connectivity index (χ3n) is 7.09. The van der Waals surface area contributed by atoms with E-state index in [1.54, 1.807) is 11.3 Å². The Morgan fingerprint density at radius 1 is 0.875 bits per heavy atom. The number of thiazole rings is 1. The number of halogens is 2. The van der Waals surface area contributed by atoms with Gasteiger partial charge in [-0.3, -0.25) is 4.79 Å². The minimum absolute atomic E-state index is 0. The van der Waals surface area contributed by atoms with Gasteiger partial charge in [0, 0.05) is 18.2 Å². The lowest BCUT2D eigenvalue weighted by molar-refractivity contribution is -0.689. The molecule has 0 spiro atoms. The summed E-state index contributed by atoms with van der Waals surface area (Å²) in [6.07, 6.45) is 16.2. The van der Waals surface area contributed by atoms with Gasteiger partial charge in [0.25, 0.3) is 0 Å². The molecule has 0 aliphatic carbocycles. The van der Waals surface area contributed by atoms with E-state index >= 15 is 0 Å². The molecule has 1 aromatic heterocycles. The van der Waals surface area contributed by atoms with Gasteiger partial charge in [0.2, 0.25) is 11.4 Å². The highest BCUT2D eigenvalue weighted by molar-refractivity contribution is 7.07. The fourth-order valence-corrected chi connectivity index (χ4v) is 5.73. The van der Waals surface area contributed by atoms with E-state index in [9.17, 15) is 4.79 Å². The molecular formula is C33H46BrClN2O2S. The van der Waals surface area contributed by atoms with Gasteiger partial charge < -0.3 is 27.0 Å². The number of amides is 1. The Hall–Kier alpha value is -1.89. The Balaban J connectivity index is 0.00000560. The fourth-order valence-electron chi connectivity index (χ4n) is 4.69. The molecule has 0 saturated carbocycles. The maximum atomic E-state index is 12.6. The van der Waals surface area contributed by atoms with Crippen LogP contribution in [-0.4, -0.2) is 12.5 Å². The van der Waals surface area contributed by atoms with Crippen LogP contribution in [0.3, 0.4) is 0 Å². The number of ether oxygens (including phenoxy) is 1. The number of nitrogens with zero attached hydrogens (tertiary/aromatic N) is 1. The number of carbonyl (C=O) groups is 1. The Kier molecular flexibility index (Phi) is 17.2. The van der Waals surface area contributed by atoms with E-state index in [0.717, 1.165) is 24.2 Å². The first-order chi connectivity index (χ1) is 19.0. The molecule has 1 amide bonds. The van der Waals surface area contributed by atoms with E-state index in [-0.39, 0.29) is 29.3 Å². The largest absolute Gasteiger partial charge is 1.00 e. The summed E-state index contributed by atoms with van der Waals surface area (Å²) in [5.41, 5.74) is 6.23. The molecule has 0 saturated heterocycles. The number of aromatic nitrogens is 1. The third-order valence-corrected chi connectivity index (χ3v) is 8.24. The number of benzene rings is 2. The van der Waals surface area contributed by atoms with Gasteiger partial charge in [-0.05, 0) is 36.2 Å². The first kappa shape index (κ1) is 34.3. The highest BCUT2D eigenvalue weighted by Gasteiger charge is 2.10. The van der Waals surface area contributed by atoms with Crippen LogP contribution in [0.15, 0.2) is 53.4 Å². The van der Waals surface area contributed by atoms with Crippen molar-refractivity contribution >= 4 is 34.5 Å². The van der Waals surface area contributed by atoms with Crippen molar-refractivity contribution in [2.24, 2.45) is 0 Å². The van der Waals surface area contributed by atoms with Crippen molar-refractivity contribution in [3.05, 3.63) is 75.2 Å². The lowest BCUT2D eigenvalue weighted by atomic mass is 10.1. The molecule has 1 heterocycles. The molecule has 7 heteroatoms. The SMILES string of the molecule is CCCCCCCCCCCCCCOc1ccc(CC(=O)Nc2ccc(C[n+]3cscc3C)cc2)cc1Cl.[Br-]. The standard InChI is InChI=1S/C33H45ClN2O2S.BrH/c1-3-4-5-6-7-8-9-10-11-12-13-14-21-38-32-20-17-29(22-31(32)34)23-33(37)35-30-18-15-28(16-19-30)24-36-26-39-25-27(36)2;/h15-20,22,25-26H,3-14,21,23-24H2,1-2H3;1H. The van der Waals surface area contributed by atoms with Crippen molar-refractivity contribution in [1.29, 1.82) is 0 Å². The van der Waals surface area contributed by atoms with E-state index in [4.69, 9.17) is 16.3 Å². The number of hydrogen-bond donors (Lipinski definition) is 1. The van der Waals surface area contributed by atoms with E-state index in [1.165, 1.54) is 81.9 Å². The molecule has 3 rings (SSSR count). The zero-order valence-corrected chi connectivity index (χ0v) is 27.4. The number of carbonyl (C=O) groups excluding carboxylic acids is 1. The average molecular weight is 650 g/mol. The van der Waals surface area contributed by atoms with Crippen molar-refractivity contribution in [1.82, 2.24) is 0 Å². The highest BCUT2D eigenvalue weighted by atomic mass is 79.9. The zero-order valence-electron chi connectivity index (χ0n) is 24.2. The average Bonchev–Trinajstić information content (AvgIpc) is 3.33. The predicted molar refractivity (Wildman–Crippen MR) is 165 cm³/mol. The summed E-state index contributed by atoms with van der Waals surface area (Å²) in [6, 6.07) is 13.7. The number of nitrogens with one attached hydrogen (secondary N) is 1. The number of hydrogen-bond acceptors (Lipinski definition) is 3. The van der Waals surface area contributed by atoms with Crippen LogP contribution in [0.2, 0.25) is 5.02 Å². The van der Waals surface area contributed by atoms with E-state index in [0.29, 0.717) is 17.4 Å². The van der Waals surface area contributed by atoms with E-state index < -0.39 is 0 Å². The third kappa shape index (κ3) is 13.2. The van der Waals surface area contributed by atoms with Gasteiger partial charge in [-0.25, -0.2) is 0 Å². The minimum atomic E-state index is -0.0629. The second-order valence-corrected chi connectivity index (χ2v) is 11.7. The molecule has 1 N–H and O–H groups in total. The lowest BCUT2D eigenvalue weighted by Gasteiger charge is -2.10. The lowest BCUT2D eigenvalue weighted by Crippen LogP contribution is -3.00. The first-order valence-electron chi connectivity index (χ1n) is 14.8. The molecule has 0 aliphatic heterocycles. The molecular weight excluding hydrogens is 604 g/mol. The summed E-state index contributed by atoms with van der Waals surface area (Å²) >= 11 is 8.15. The predicted octanol–water partition coefficient (Wildman–Crippen LogP) is 6.31. The summed E-state index contributed by atoms with van der Waals surface area (Å²) in [5.74, 6) is 0.630. The fraction of sp³-hybridized carbons (Fsp3) is 0.515. The van der Waals surface area contributed by atoms with Crippen molar-refractivity contribution < 1.29 is 31.1 Å². The molecule has 40 heavy (non-hydrogen) atoms. The van der Waals surface area contributed by atoms with Gasteiger partial charge in [-0.2, -0.15) is 4.57 Å². The summed E-state index contributed by atoms with van der Waals surface area (Å²) in [7, 11) is 0. The first-order valence-corrected chi connectivity index (χ1v) is 16.1. The van der Waals surface area contributed by atoms with Crippen LogP contribution in [0.1, 0.15) is 101 Å². The van der Waals surface area contributed by atoms with Crippen LogP contribution in [0, 0.1) is 6.92 Å². The van der Waals surface area contributed by atoms with Crippen molar-refractivity contribution in [3.8, 4) is 5.75 Å². The van der Waals surface area contributed by atoms with Crippen molar-refractivity contribution in [2.45, 2.75) is 104 Å². The van der Waals surface area contributed by atoms with Crippen LogP contribution in [-0.2, 0) is 17.8 Å². The monoisotopic (exact) mass is 648 g/mol. The Labute approximate surface area is 261 Å². The highest BCUT2D eigenvalue weighted by Crippen LogP contribution is 2.26. The van der Waals surface area contributed by atoms with Crippen LogP contribution < -0.4 is 31.6 Å². The molecule has 3 aromatic rings. The normalized spacial score (nSPS) is 10.8. The van der Waals surface area contributed by atoms with Gasteiger partial charge in [-0.1, -0.05) is 119 Å². The van der Waals surface area contributed by atoms with E-state index in [1.807, 2.05) is 30.3 Å². The maximum absolute atomic E-state index is 12.6. The maximum Gasteiger partial charge on any atom is 0.228 e. The van der Waals surface area contributed by atoms with Crippen molar-refractivity contribution in [2.75, 3.05) is 11.9 Å². The van der Waals surface area contributed by atoms with E-state index in [2.05, 4.69) is 46.8 Å². The summed E-state index contributed by atoms with van der Waals surface area (Å²) in [6.45, 7) is 5.89. The minimum Gasteiger partial charge on any atom is -1.00 e. The van der Waals surface area contributed by atoms with Gasteiger partial charge in [0.1, 0.15) is 5.75 Å². The molecule has 0 atom stereocenters. The van der Waals surface area contributed by atoms with Gasteiger partial charge >= 0.3 is 0 Å². The summed E-state index contributed by atoms with van der Waals surface area (Å²) in [4.78, 5) is 12.6. The van der Waals surface area contributed by atoms with Gasteiger partial charge in [-0.15, -0.1) is 0 Å². The van der Waals surface area contributed by atoms with Gasteiger partial charge in [0.15, 0.2) is 12.2 Å². The van der Waals surface area contributed by atoms with Crippen LogP contribution >= 0.6 is 22.9 Å². The van der Waals surface area contributed by atoms with Gasteiger partial charge in [0.05, 0.1) is 23.4 Å². The number of unbranched alkanes of at least 4 members (excludes halogenated alkanes) is 11. The number of rotatable bonds is 19. The molecule has 2 aromatic carbocycles. The second-order valence-electron chi connectivity index (χ2n) is 10.6. The quantitative estimate of drug-likeness (QED) is 0.122. The molecule has 0 aliphatic rings. The molecule has 0 radical (unpaired) electrons. The van der Waals surface area contributed by atoms with Crippen LogP contribution in [0.4, 0.5) is 5.69 Å². The number of anilines is 1. The molecule has 220 valence electrons. The molecule has 0 bridgehead atoms. The second kappa shape index (κ2) is 20.1. The Bertz CT molecular complexity index is 1120. The molecule has 0 fully saturated rings. The molecule has 4 nitrogen and oxygen atoms in total. The summed E-state index contributed by atoms with van der Waals surface area (Å²) < 4.78 is 8.12. The topological polar surface area (TPSA) is 42.2 Å². The van der Waals surface area contributed by atoms with Crippen molar-refractivity contribution in [3.63, 3.8) is 0 Å². The Morgan fingerprint density at radius 2 is 1.48 bits per heavy atom. The zero-order chi connectivity index (χ0) is 27.7. The number of aryl methyl sites for hydroxylation is 1. The van der Waals surface area contributed by atoms with Crippen LogP contribution in [0.5, 0.6) is 5.75 Å². The van der Waals surface area contributed by atoms with Crippen LogP contribution in [0.25, 0.3) is 0 Å².